The van der Waals surface area contributed by atoms with Gasteiger partial charge in [-0.1, -0.05) is 52.4 Å². The molecule has 8 heteroatoms. The molecule has 4 fully saturated rings. The molecule has 0 bridgehead atoms. The maximum absolute atomic E-state index is 12.3. The van der Waals surface area contributed by atoms with Gasteiger partial charge in [-0.2, -0.15) is 0 Å². The summed E-state index contributed by atoms with van der Waals surface area (Å²) in [6.45, 7) is 12.2. The van der Waals surface area contributed by atoms with Gasteiger partial charge in [0.25, 0.3) is 0 Å². The van der Waals surface area contributed by atoms with Gasteiger partial charge >= 0.3 is 0 Å². The Bertz CT molecular complexity index is 748. The van der Waals surface area contributed by atoms with E-state index in [0.717, 1.165) is 96.3 Å². The summed E-state index contributed by atoms with van der Waals surface area (Å²) in [5.74, 6) is 2.72. The monoisotopic (exact) mass is 1240 g/mol. The maximum Gasteiger partial charge on any atom is 0.139 e. The standard InChI is InChI=1S/C16H27O2.C16H25O2.4W/c2*1-3-12-7-5-9-14(16(12)18)10-13-8-4-6-11(2)15(13)17;;;;/h11-15,17H,2-10H2,1H3;11-14H,2-10H2,1H3;;;;/q2*-1;;;;. The molecule has 9 unspecified atom stereocenters. The zero-order valence-corrected chi connectivity index (χ0v) is 36.5. The van der Waals surface area contributed by atoms with Crippen LogP contribution in [0.25, 0.3) is 0 Å². The molecule has 0 aromatic heterocycles. The number of aliphatic hydroxyl groups is 1. The number of carbonyl (C=O) groups is 3. The summed E-state index contributed by atoms with van der Waals surface area (Å²) in [4.78, 5) is 36.7. The molecule has 0 heterocycles. The average molecular weight is 1240 g/mol. The Labute approximate surface area is 302 Å². The summed E-state index contributed by atoms with van der Waals surface area (Å²) in [5.41, 5.74) is 0. The third-order valence-electron chi connectivity index (χ3n) is 9.99. The molecular formula is C32H52O4W4-2. The number of hydrogen-bond donors (Lipinski definition) is 1. The summed E-state index contributed by atoms with van der Waals surface area (Å²) in [6.07, 6.45) is 16.2. The molecule has 0 saturated heterocycles. The fourth-order valence-electron chi connectivity index (χ4n) is 7.53. The Balaban J connectivity index is 0. The second-order valence-corrected chi connectivity index (χ2v) is 12.4. The van der Waals surface area contributed by atoms with E-state index in [0.29, 0.717) is 29.2 Å². The largest absolute Gasteiger partial charge is 0.395 e. The van der Waals surface area contributed by atoms with Crippen LogP contribution in [0.2, 0.25) is 0 Å². The molecule has 4 aliphatic rings. The molecule has 0 amide bonds. The Hall–Kier alpha value is 1.72. The Morgan fingerprint density at radius 2 is 0.975 bits per heavy atom. The third kappa shape index (κ3) is 12.3. The van der Waals surface area contributed by atoms with E-state index in [2.05, 4.69) is 27.7 Å². The molecule has 230 valence electrons. The minimum absolute atomic E-state index is 0. The number of aliphatic hydroxyl groups excluding tert-OH is 1. The van der Waals surface area contributed by atoms with Gasteiger partial charge in [-0.25, -0.2) is 0 Å². The number of carbonyl (C=O) groups excluding carboxylic acids is 3. The van der Waals surface area contributed by atoms with Gasteiger partial charge in [-0.3, -0.25) is 9.59 Å². The van der Waals surface area contributed by atoms with Crippen LogP contribution in [0.3, 0.4) is 0 Å². The topological polar surface area (TPSA) is 71.4 Å². The molecule has 4 aliphatic carbocycles. The molecule has 9 atom stereocenters. The van der Waals surface area contributed by atoms with Crippen molar-refractivity contribution in [3.05, 3.63) is 13.8 Å². The molecule has 0 aliphatic heterocycles. The fourth-order valence-corrected chi connectivity index (χ4v) is 7.53. The fraction of sp³-hybridized carbons (Fsp3) is 0.844. The molecular weight excluding hydrogens is 1180 g/mol. The molecule has 40 heavy (non-hydrogen) atoms. The second-order valence-electron chi connectivity index (χ2n) is 12.4. The van der Waals surface area contributed by atoms with Gasteiger partial charge in [0.15, 0.2) is 0 Å². The van der Waals surface area contributed by atoms with Crippen LogP contribution >= 0.6 is 0 Å². The minimum Gasteiger partial charge on any atom is -0.395 e. The number of ketones is 3. The summed E-state index contributed by atoms with van der Waals surface area (Å²) >= 11 is 0. The second kappa shape index (κ2) is 22.3. The van der Waals surface area contributed by atoms with Crippen LogP contribution in [-0.4, -0.2) is 28.6 Å². The third-order valence-corrected chi connectivity index (χ3v) is 9.99. The predicted molar refractivity (Wildman–Crippen MR) is 145 cm³/mol. The van der Waals surface area contributed by atoms with Crippen molar-refractivity contribution >= 4 is 17.3 Å². The van der Waals surface area contributed by atoms with Crippen molar-refractivity contribution in [2.24, 2.45) is 47.3 Å². The van der Waals surface area contributed by atoms with Crippen LogP contribution in [0, 0.1) is 61.2 Å². The molecule has 4 saturated carbocycles. The van der Waals surface area contributed by atoms with Crippen LogP contribution in [0.15, 0.2) is 0 Å². The molecule has 0 radical (unpaired) electrons. The van der Waals surface area contributed by atoms with Gasteiger partial charge in [0.1, 0.15) is 17.3 Å². The van der Waals surface area contributed by atoms with Crippen molar-refractivity contribution in [3.63, 3.8) is 0 Å². The first-order chi connectivity index (χ1) is 17.3. The van der Waals surface area contributed by atoms with E-state index in [4.69, 9.17) is 0 Å². The molecule has 0 aromatic carbocycles. The number of Topliss-reactive ketones (excluding diaryl/α,β-unsaturated/α-hetero) is 3. The molecule has 0 aromatic rings. The van der Waals surface area contributed by atoms with E-state index in [1.165, 1.54) is 6.42 Å². The first-order valence-corrected chi connectivity index (χ1v) is 15.2. The van der Waals surface area contributed by atoms with Crippen molar-refractivity contribution in [2.45, 2.75) is 123 Å². The van der Waals surface area contributed by atoms with Crippen molar-refractivity contribution < 1.29 is 104 Å². The average Bonchev–Trinajstić information content (AvgIpc) is 2.87. The minimum atomic E-state index is -0.284. The summed E-state index contributed by atoms with van der Waals surface area (Å²) in [7, 11) is 0. The number of rotatable bonds is 6. The van der Waals surface area contributed by atoms with E-state index in [-0.39, 0.29) is 126 Å². The normalized spacial score (nSPS) is 35.9. The first kappa shape index (κ1) is 43.9. The Kier molecular flexibility index (Phi) is 24.4. The zero-order chi connectivity index (χ0) is 26.2. The van der Waals surface area contributed by atoms with Crippen molar-refractivity contribution in [1.82, 2.24) is 0 Å². The van der Waals surface area contributed by atoms with E-state index in [1.54, 1.807) is 0 Å². The van der Waals surface area contributed by atoms with Crippen molar-refractivity contribution in [3.8, 4) is 0 Å². The van der Waals surface area contributed by atoms with E-state index in [9.17, 15) is 19.5 Å². The SMILES string of the molecule is [CH2-]C1CCCC(CC2CCCC(CC)C2=O)C1=O.[CH2-]C1CCCC(CC2CCCC(CC)C2=O)C1O.[W].[W].[W].[W]. The van der Waals surface area contributed by atoms with Crippen molar-refractivity contribution in [1.29, 1.82) is 0 Å². The van der Waals surface area contributed by atoms with Gasteiger partial charge < -0.3 is 23.7 Å². The number of hydrogen-bond acceptors (Lipinski definition) is 4. The van der Waals surface area contributed by atoms with Gasteiger partial charge in [-0.05, 0) is 70.1 Å². The quantitative estimate of drug-likeness (QED) is 0.293. The summed E-state index contributed by atoms with van der Waals surface area (Å²) in [5, 5.41) is 10.2. The van der Waals surface area contributed by atoms with Crippen molar-refractivity contribution in [2.75, 3.05) is 0 Å². The van der Waals surface area contributed by atoms with E-state index >= 15 is 0 Å². The van der Waals surface area contributed by atoms with Crippen LogP contribution in [0.4, 0.5) is 0 Å². The maximum atomic E-state index is 12.3. The zero-order valence-electron chi connectivity index (χ0n) is 24.7. The first-order valence-electron chi connectivity index (χ1n) is 15.2. The smallest absolute Gasteiger partial charge is 0.139 e. The van der Waals surface area contributed by atoms with Gasteiger partial charge in [0, 0.05) is 120 Å². The Morgan fingerprint density at radius 3 is 1.48 bits per heavy atom. The Morgan fingerprint density at radius 1 is 0.575 bits per heavy atom. The predicted octanol–water partition coefficient (Wildman–Crippen LogP) is 6.96. The molecule has 1 N–H and O–H groups in total. The van der Waals surface area contributed by atoms with Crippen LogP contribution in [0.1, 0.15) is 117 Å². The van der Waals surface area contributed by atoms with Crippen LogP contribution in [0.5, 0.6) is 0 Å². The van der Waals surface area contributed by atoms with Gasteiger partial charge in [0.05, 0.1) is 0 Å². The van der Waals surface area contributed by atoms with E-state index in [1.807, 2.05) is 0 Å². The van der Waals surface area contributed by atoms with Gasteiger partial charge in [-0.15, -0.1) is 11.8 Å². The van der Waals surface area contributed by atoms with Crippen LogP contribution < -0.4 is 0 Å². The summed E-state index contributed by atoms with van der Waals surface area (Å²) in [6, 6.07) is 0. The van der Waals surface area contributed by atoms with Crippen LogP contribution in [-0.2, 0) is 98.6 Å². The summed E-state index contributed by atoms with van der Waals surface area (Å²) < 4.78 is 0. The molecule has 4 rings (SSSR count). The van der Waals surface area contributed by atoms with Gasteiger partial charge in [0.2, 0.25) is 0 Å². The molecule has 4 nitrogen and oxygen atoms in total. The molecule has 0 spiro atoms. The van der Waals surface area contributed by atoms with E-state index < -0.39 is 0 Å².